The minimum absolute atomic E-state index is 0.0430. The molecule has 1 saturated heterocycles. The maximum atomic E-state index is 12.7. The molecule has 2 aliphatic rings. The summed E-state index contributed by atoms with van der Waals surface area (Å²) in [5, 5.41) is 14.2. The summed E-state index contributed by atoms with van der Waals surface area (Å²) < 4.78 is -0.637. The van der Waals surface area contributed by atoms with Crippen LogP contribution in [0.25, 0.3) is 0 Å². The maximum absolute atomic E-state index is 12.7. The highest BCUT2D eigenvalue weighted by Gasteiger charge is 2.59. The van der Waals surface area contributed by atoms with Gasteiger partial charge in [0.1, 0.15) is 10.0 Å². The summed E-state index contributed by atoms with van der Waals surface area (Å²) in [7, 11) is 0. The van der Waals surface area contributed by atoms with E-state index in [-0.39, 0.29) is 36.0 Å². The van der Waals surface area contributed by atoms with E-state index in [4.69, 9.17) is 34.3 Å². The molecule has 0 aromatic carbocycles. The molecule has 3 rings (SSSR count). The molecule has 2 amide bonds. The lowest BCUT2D eigenvalue weighted by molar-refractivity contribution is -0.130. The molecule has 2 heterocycles. The molecule has 3 unspecified atom stereocenters. The van der Waals surface area contributed by atoms with Crippen LogP contribution in [0.4, 0.5) is 5.69 Å². The molecular formula is C19H26Cl2N6O2. The highest BCUT2D eigenvalue weighted by atomic mass is 35.5. The second kappa shape index (κ2) is 8.85. The molecule has 1 aromatic rings. The summed E-state index contributed by atoms with van der Waals surface area (Å²) in [6.07, 6.45) is 4.84. The van der Waals surface area contributed by atoms with Crippen molar-refractivity contribution in [3.05, 3.63) is 24.0 Å². The Morgan fingerprint density at radius 3 is 2.79 bits per heavy atom. The third kappa shape index (κ3) is 4.82. The third-order valence-electron chi connectivity index (χ3n) is 5.80. The molecule has 8 nitrogen and oxygen atoms in total. The van der Waals surface area contributed by atoms with Crippen molar-refractivity contribution in [3.8, 4) is 0 Å². The lowest BCUT2D eigenvalue weighted by Crippen LogP contribution is -2.44. The number of primary amides is 1. The van der Waals surface area contributed by atoms with Crippen molar-refractivity contribution in [2.75, 3.05) is 31.5 Å². The Kier molecular flexibility index (Phi) is 6.65. The van der Waals surface area contributed by atoms with Crippen molar-refractivity contribution in [1.82, 2.24) is 15.2 Å². The van der Waals surface area contributed by atoms with Gasteiger partial charge >= 0.3 is 0 Å². The Morgan fingerprint density at radius 2 is 2.14 bits per heavy atom. The van der Waals surface area contributed by atoms with E-state index in [9.17, 15) is 9.59 Å². The van der Waals surface area contributed by atoms with Crippen molar-refractivity contribution < 1.29 is 9.59 Å². The Bertz CT molecular complexity index is 803. The highest BCUT2D eigenvalue weighted by molar-refractivity contribution is 6.51. The van der Waals surface area contributed by atoms with E-state index < -0.39 is 10.2 Å². The molecule has 1 saturated carbocycles. The molecule has 29 heavy (non-hydrogen) atoms. The molecule has 3 atom stereocenters. The number of hydrogen-bond donors (Lipinski definition) is 4. The van der Waals surface area contributed by atoms with Gasteiger partial charge in [-0.2, -0.15) is 0 Å². The van der Waals surface area contributed by atoms with Crippen LogP contribution < -0.4 is 16.4 Å². The normalized spacial score (nSPS) is 24.9. The van der Waals surface area contributed by atoms with Crippen LogP contribution in [0.3, 0.4) is 0 Å². The van der Waals surface area contributed by atoms with Gasteiger partial charge in [0.2, 0.25) is 5.91 Å². The number of alkyl halides is 2. The van der Waals surface area contributed by atoms with Crippen LogP contribution >= 0.6 is 23.2 Å². The fraction of sp³-hybridized carbons (Fsp3) is 0.579. The lowest BCUT2D eigenvalue weighted by Gasteiger charge is -2.25. The van der Waals surface area contributed by atoms with Crippen LogP contribution in [-0.4, -0.2) is 64.0 Å². The standard InChI is InChI=1S/C19H26Cl2N6O2/c1-11-14(19(11,20)21)8-25-7-12-3-2-6-27(12)16(28)10-26-15-9-24-5-4-13(15)17(22)18(23)29/h4-5,9,11-12,14,22,25-26H,2-3,6-8,10H2,1H3,(H2,23,29). The number of likely N-dealkylation sites (tertiary alicyclic amines) is 1. The zero-order valence-electron chi connectivity index (χ0n) is 16.3. The summed E-state index contributed by atoms with van der Waals surface area (Å²) in [4.78, 5) is 29.9. The summed E-state index contributed by atoms with van der Waals surface area (Å²) in [6, 6.07) is 1.64. The van der Waals surface area contributed by atoms with Gasteiger partial charge in [0.25, 0.3) is 5.91 Å². The molecule has 0 radical (unpaired) electrons. The largest absolute Gasteiger partial charge is 0.374 e. The zero-order valence-corrected chi connectivity index (χ0v) is 17.8. The van der Waals surface area contributed by atoms with Gasteiger partial charge in [-0.25, -0.2) is 0 Å². The average molecular weight is 441 g/mol. The van der Waals surface area contributed by atoms with Gasteiger partial charge in [0, 0.05) is 43.4 Å². The van der Waals surface area contributed by atoms with Crippen LogP contribution in [0.2, 0.25) is 0 Å². The quantitative estimate of drug-likeness (QED) is 0.340. The molecule has 158 valence electrons. The summed E-state index contributed by atoms with van der Waals surface area (Å²) >= 11 is 12.4. The van der Waals surface area contributed by atoms with E-state index in [1.165, 1.54) is 18.5 Å². The molecule has 0 spiro atoms. The van der Waals surface area contributed by atoms with E-state index in [1.807, 2.05) is 11.8 Å². The molecule has 10 heteroatoms. The van der Waals surface area contributed by atoms with Crippen molar-refractivity contribution in [1.29, 1.82) is 5.41 Å². The lowest BCUT2D eigenvalue weighted by atomic mass is 10.1. The van der Waals surface area contributed by atoms with E-state index in [0.29, 0.717) is 24.3 Å². The zero-order chi connectivity index (χ0) is 21.2. The van der Waals surface area contributed by atoms with Gasteiger partial charge in [-0.3, -0.25) is 20.0 Å². The minimum atomic E-state index is -0.834. The monoisotopic (exact) mass is 440 g/mol. The predicted octanol–water partition coefficient (Wildman–Crippen LogP) is 1.37. The number of pyridine rings is 1. The van der Waals surface area contributed by atoms with Gasteiger partial charge in [0.15, 0.2) is 0 Å². The topological polar surface area (TPSA) is 124 Å². The third-order valence-corrected chi connectivity index (χ3v) is 7.05. The number of hydrogen-bond acceptors (Lipinski definition) is 6. The van der Waals surface area contributed by atoms with Gasteiger partial charge < -0.3 is 21.3 Å². The Morgan fingerprint density at radius 1 is 1.41 bits per heavy atom. The molecular weight excluding hydrogens is 415 g/mol. The van der Waals surface area contributed by atoms with Gasteiger partial charge in [-0.05, 0) is 24.8 Å². The maximum Gasteiger partial charge on any atom is 0.267 e. The van der Waals surface area contributed by atoms with Gasteiger partial charge in [-0.1, -0.05) is 6.92 Å². The minimum Gasteiger partial charge on any atom is -0.374 e. The van der Waals surface area contributed by atoms with E-state index in [0.717, 1.165) is 19.4 Å². The molecule has 1 aromatic heterocycles. The number of rotatable bonds is 9. The second-order valence-electron chi connectivity index (χ2n) is 7.63. The number of anilines is 1. The number of nitrogens with one attached hydrogen (secondary N) is 3. The number of carbonyl (C=O) groups excluding carboxylic acids is 2. The summed E-state index contributed by atoms with van der Waals surface area (Å²) in [6.45, 7) is 4.22. The first-order chi connectivity index (χ1) is 13.7. The van der Waals surface area contributed by atoms with Crippen LogP contribution in [0.5, 0.6) is 0 Å². The number of halogens is 2. The highest BCUT2D eigenvalue weighted by Crippen LogP contribution is 2.58. The molecule has 5 N–H and O–H groups in total. The Balaban J connectivity index is 1.51. The number of carbonyl (C=O) groups is 2. The molecule has 2 fully saturated rings. The summed E-state index contributed by atoms with van der Waals surface area (Å²) in [5.41, 5.74) is 5.63. The first-order valence-corrected chi connectivity index (χ1v) is 10.4. The molecule has 0 bridgehead atoms. The van der Waals surface area contributed by atoms with E-state index >= 15 is 0 Å². The van der Waals surface area contributed by atoms with E-state index in [1.54, 1.807) is 0 Å². The fourth-order valence-electron chi connectivity index (χ4n) is 3.81. The molecule has 1 aliphatic heterocycles. The first kappa shape index (κ1) is 21.8. The number of nitrogens with two attached hydrogens (primary N) is 1. The van der Waals surface area contributed by atoms with E-state index in [2.05, 4.69) is 15.6 Å². The summed E-state index contributed by atoms with van der Waals surface area (Å²) in [5.74, 6) is -0.364. The van der Waals surface area contributed by atoms with Crippen LogP contribution in [-0.2, 0) is 9.59 Å². The second-order valence-corrected chi connectivity index (χ2v) is 9.07. The SMILES string of the molecule is CC1C(CNCC2CCCN2C(=O)CNc2cnccc2C(=N)C(N)=O)C1(Cl)Cl. The van der Waals surface area contributed by atoms with Crippen molar-refractivity contribution in [2.24, 2.45) is 17.6 Å². The van der Waals surface area contributed by atoms with Crippen LogP contribution in [0, 0.1) is 17.2 Å². The Hall–Kier alpha value is -1.90. The fourth-order valence-corrected chi connectivity index (χ4v) is 4.52. The predicted molar refractivity (Wildman–Crippen MR) is 113 cm³/mol. The Labute approximate surface area is 180 Å². The number of nitrogens with zero attached hydrogens (tertiary/aromatic N) is 2. The van der Waals surface area contributed by atoms with Gasteiger partial charge in [0.05, 0.1) is 18.4 Å². The van der Waals surface area contributed by atoms with Crippen molar-refractivity contribution in [3.63, 3.8) is 0 Å². The van der Waals surface area contributed by atoms with Gasteiger partial charge in [-0.15, -0.1) is 23.2 Å². The number of amides is 2. The average Bonchev–Trinajstić information content (AvgIpc) is 3.03. The van der Waals surface area contributed by atoms with Crippen LogP contribution in [0.15, 0.2) is 18.5 Å². The van der Waals surface area contributed by atoms with Crippen LogP contribution in [0.1, 0.15) is 25.3 Å². The molecule has 1 aliphatic carbocycles. The number of aromatic nitrogens is 1. The first-order valence-electron chi connectivity index (χ1n) is 9.68. The van der Waals surface area contributed by atoms with Crippen molar-refractivity contribution >= 4 is 46.4 Å². The van der Waals surface area contributed by atoms with Crippen molar-refractivity contribution in [2.45, 2.75) is 30.1 Å². The smallest absolute Gasteiger partial charge is 0.267 e.